The SMILES string of the molecule is CC(C)(C)OC(=O)NC1(Cc2ccccc2)CCN(C(=O)O)C1=O. The second kappa shape index (κ2) is 6.51. The highest BCUT2D eigenvalue weighted by Gasteiger charge is 2.50. The molecule has 0 saturated carbocycles. The van der Waals surface area contributed by atoms with Crippen LogP contribution in [0.4, 0.5) is 9.59 Å². The van der Waals surface area contributed by atoms with Crippen molar-refractivity contribution >= 4 is 18.1 Å². The zero-order valence-electron chi connectivity index (χ0n) is 14.0. The lowest BCUT2D eigenvalue weighted by molar-refractivity contribution is -0.131. The van der Waals surface area contributed by atoms with Crippen molar-refractivity contribution < 1.29 is 24.2 Å². The molecular weight excluding hydrogens is 312 g/mol. The molecule has 1 aliphatic rings. The van der Waals surface area contributed by atoms with Crippen LogP contribution in [0.5, 0.6) is 0 Å². The van der Waals surface area contributed by atoms with Gasteiger partial charge in [-0.25, -0.2) is 14.5 Å². The number of rotatable bonds is 3. The molecule has 1 fully saturated rings. The first-order valence-corrected chi connectivity index (χ1v) is 7.73. The average Bonchev–Trinajstić information content (AvgIpc) is 2.75. The lowest BCUT2D eigenvalue weighted by atomic mass is 9.89. The summed E-state index contributed by atoms with van der Waals surface area (Å²) < 4.78 is 5.24. The zero-order chi connectivity index (χ0) is 18.0. The molecule has 1 heterocycles. The third-order valence-electron chi connectivity index (χ3n) is 3.74. The molecule has 0 spiro atoms. The Hall–Kier alpha value is -2.57. The number of amides is 3. The number of carboxylic acid groups (broad SMARTS) is 1. The third kappa shape index (κ3) is 4.04. The molecule has 24 heavy (non-hydrogen) atoms. The van der Waals surface area contributed by atoms with Gasteiger partial charge >= 0.3 is 12.2 Å². The van der Waals surface area contributed by atoms with Crippen LogP contribution in [0.3, 0.4) is 0 Å². The molecule has 130 valence electrons. The molecule has 0 radical (unpaired) electrons. The smallest absolute Gasteiger partial charge is 0.414 e. The highest BCUT2D eigenvalue weighted by molar-refractivity contribution is 6.00. The number of ether oxygens (including phenoxy) is 1. The number of likely N-dealkylation sites (tertiary alicyclic amines) is 1. The molecule has 1 unspecified atom stereocenters. The number of carbonyl (C=O) groups is 3. The molecule has 1 aromatic carbocycles. The molecule has 0 aliphatic carbocycles. The van der Waals surface area contributed by atoms with Gasteiger partial charge in [0.05, 0.1) is 0 Å². The predicted octanol–water partition coefficient (Wildman–Crippen LogP) is 2.40. The molecule has 2 N–H and O–H groups in total. The zero-order valence-corrected chi connectivity index (χ0v) is 14.0. The Kier molecular flexibility index (Phi) is 4.82. The molecule has 1 atom stereocenters. The van der Waals surface area contributed by atoms with E-state index in [2.05, 4.69) is 5.32 Å². The Balaban J connectivity index is 2.27. The largest absolute Gasteiger partial charge is 0.465 e. The van der Waals surface area contributed by atoms with Crippen LogP contribution in [-0.2, 0) is 16.0 Å². The lowest BCUT2D eigenvalue weighted by Crippen LogP contribution is -2.57. The fourth-order valence-electron chi connectivity index (χ4n) is 2.72. The standard InChI is InChI=1S/C17H22N2O5/c1-16(2,3)24-14(21)18-17(11-12-7-5-4-6-8-12)9-10-19(13(17)20)15(22)23/h4-8H,9-11H2,1-3H3,(H,18,21)(H,22,23). The molecule has 0 aromatic heterocycles. The number of nitrogens with one attached hydrogen (secondary N) is 1. The van der Waals surface area contributed by atoms with Crippen molar-refractivity contribution in [1.82, 2.24) is 10.2 Å². The highest BCUT2D eigenvalue weighted by atomic mass is 16.6. The summed E-state index contributed by atoms with van der Waals surface area (Å²) in [5.41, 5.74) is -1.21. The van der Waals surface area contributed by atoms with E-state index in [1.165, 1.54) is 0 Å². The maximum absolute atomic E-state index is 12.6. The summed E-state index contributed by atoms with van der Waals surface area (Å²) in [5.74, 6) is -0.635. The lowest BCUT2D eigenvalue weighted by Gasteiger charge is -2.30. The molecular formula is C17H22N2O5. The number of carbonyl (C=O) groups excluding carboxylic acids is 2. The van der Waals surface area contributed by atoms with Crippen molar-refractivity contribution in [2.75, 3.05) is 6.54 Å². The minimum Gasteiger partial charge on any atom is -0.465 e. The number of hydrogen-bond donors (Lipinski definition) is 2. The maximum atomic E-state index is 12.6. The van der Waals surface area contributed by atoms with Gasteiger partial charge in [-0.05, 0) is 32.8 Å². The van der Waals surface area contributed by atoms with Crippen molar-refractivity contribution in [3.8, 4) is 0 Å². The number of alkyl carbamates (subject to hydrolysis) is 1. The van der Waals surface area contributed by atoms with Gasteiger partial charge in [-0.1, -0.05) is 30.3 Å². The van der Waals surface area contributed by atoms with Gasteiger partial charge in [0.2, 0.25) is 0 Å². The number of hydrogen-bond acceptors (Lipinski definition) is 4. The van der Waals surface area contributed by atoms with Crippen LogP contribution in [0.15, 0.2) is 30.3 Å². The van der Waals surface area contributed by atoms with Gasteiger partial charge in [0.15, 0.2) is 0 Å². The van der Waals surface area contributed by atoms with Crippen molar-refractivity contribution in [2.24, 2.45) is 0 Å². The fraction of sp³-hybridized carbons (Fsp3) is 0.471. The second-order valence-electron chi connectivity index (χ2n) is 6.86. The summed E-state index contributed by atoms with van der Waals surface area (Å²) in [6.45, 7) is 5.19. The normalized spacial score (nSPS) is 20.8. The summed E-state index contributed by atoms with van der Waals surface area (Å²) in [6.07, 6.45) is -1.65. The van der Waals surface area contributed by atoms with E-state index in [1.807, 2.05) is 30.3 Å². The van der Waals surface area contributed by atoms with Crippen molar-refractivity contribution in [1.29, 1.82) is 0 Å². The molecule has 3 amide bonds. The second-order valence-corrected chi connectivity index (χ2v) is 6.86. The topological polar surface area (TPSA) is 95.9 Å². The highest BCUT2D eigenvalue weighted by Crippen LogP contribution is 2.28. The minimum absolute atomic E-state index is 0.0385. The number of benzene rings is 1. The van der Waals surface area contributed by atoms with E-state index in [0.29, 0.717) is 0 Å². The summed E-state index contributed by atoms with van der Waals surface area (Å²) in [6, 6.07) is 9.15. The molecule has 1 aromatic rings. The van der Waals surface area contributed by atoms with Gasteiger partial charge < -0.3 is 15.2 Å². The monoisotopic (exact) mass is 334 g/mol. The van der Waals surface area contributed by atoms with Gasteiger partial charge in [0.1, 0.15) is 11.1 Å². The van der Waals surface area contributed by atoms with Crippen molar-refractivity contribution in [3.05, 3.63) is 35.9 Å². The maximum Gasteiger partial charge on any atom is 0.414 e. The third-order valence-corrected chi connectivity index (χ3v) is 3.74. The van der Waals surface area contributed by atoms with Crippen LogP contribution in [-0.4, -0.2) is 45.8 Å². The van der Waals surface area contributed by atoms with Crippen molar-refractivity contribution in [3.63, 3.8) is 0 Å². The van der Waals surface area contributed by atoms with Crippen LogP contribution in [0.2, 0.25) is 0 Å². The summed E-state index contributed by atoms with van der Waals surface area (Å²) in [4.78, 5) is 36.8. The number of imide groups is 1. The van der Waals surface area contributed by atoms with E-state index >= 15 is 0 Å². The molecule has 0 bridgehead atoms. The van der Waals surface area contributed by atoms with E-state index in [0.717, 1.165) is 10.5 Å². The first-order valence-electron chi connectivity index (χ1n) is 7.73. The minimum atomic E-state index is -1.32. The summed E-state index contributed by atoms with van der Waals surface area (Å²) >= 11 is 0. The first-order chi connectivity index (χ1) is 11.1. The van der Waals surface area contributed by atoms with Gasteiger partial charge in [0, 0.05) is 13.0 Å². The van der Waals surface area contributed by atoms with E-state index in [1.54, 1.807) is 20.8 Å². The van der Waals surface area contributed by atoms with Gasteiger partial charge in [-0.2, -0.15) is 0 Å². The number of nitrogens with zero attached hydrogens (tertiary/aromatic N) is 1. The van der Waals surface area contributed by atoms with E-state index in [9.17, 15) is 14.4 Å². The average molecular weight is 334 g/mol. The van der Waals surface area contributed by atoms with E-state index in [-0.39, 0.29) is 19.4 Å². The Morgan fingerprint density at radius 2 is 1.92 bits per heavy atom. The summed E-state index contributed by atoms with van der Waals surface area (Å²) in [5, 5.41) is 11.8. The first kappa shape index (κ1) is 17.8. The van der Waals surface area contributed by atoms with Crippen LogP contribution in [0, 0.1) is 0 Å². The molecule has 1 saturated heterocycles. The van der Waals surface area contributed by atoms with Crippen LogP contribution in [0.25, 0.3) is 0 Å². The summed E-state index contributed by atoms with van der Waals surface area (Å²) in [7, 11) is 0. The van der Waals surface area contributed by atoms with Crippen molar-refractivity contribution in [2.45, 2.75) is 44.8 Å². The van der Waals surface area contributed by atoms with Gasteiger partial charge in [0.25, 0.3) is 5.91 Å². The van der Waals surface area contributed by atoms with E-state index < -0.39 is 29.2 Å². The van der Waals surface area contributed by atoms with Gasteiger partial charge in [-0.15, -0.1) is 0 Å². The Bertz CT molecular complexity index is 638. The van der Waals surface area contributed by atoms with Crippen LogP contribution < -0.4 is 5.32 Å². The van der Waals surface area contributed by atoms with Crippen LogP contribution >= 0.6 is 0 Å². The molecule has 2 rings (SSSR count). The van der Waals surface area contributed by atoms with Gasteiger partial charge in [-0.3, -0.25) is 4.79 Å². The molecule has 7 heteroatoms. The predicted molar refractivity (Wildman–Crippen MR) is 86.6 cm³/mol. The Morgan fingerprint density at radius 1 is 1.29 bits per heavy atom. The molecule has 1 aliphatic heterocycles. The quantitative estimate of drug-likeness (QED) is 0.885. The fourth-order valence-corrected chi connectivity index (χ4v) is 2.72. The molecule has 7 nitrogen and oxygen atoms in total. The Morgan fingerprint density at radius 3 is 2.42 bits per heavy atom. The van der Waals surface area contributed by atoms with Crippen LogP contribution in [0.1, 0.15) is 32.8 Å². The Labute approximate surface area is 140 Å². The van der Waals surface area contributed by atoms with E-state index in [4.69, 9.17) is 9.84 Å².